The number of nitrogens with zero attached hydrogens (tertiary/aromatic N) is 4. The minimum Gasteiger partial charge on any atom is -0.324 e. The van der Waals surface area contributed by atoms with E-state index in [9.17, 15) is 27.6 Å². The largest absolute Gasteiger partial charge is 0.416 e. The van der Waals surface area contributed by atoms with E-state index < -0.39 is 48.1 Å². The molecule has 32 heavy (non-hydrogen) atoms. The zero-order chi connectivity index (χ0) is 23.0. The van der Waals surface area contributed by atoms with E-state index in [-0.39, 0.29) is 5.69 Å². The summed E-state index contributed by atoms with van der Waals surface area (Å²) in [5.41, 5.74) is 0.484. The Kier molecular flexibility index (Phi) is 5.41. The van der Waals surface area contributed by atoms with Crippen molar-refractivity contribution < 1.29 is 27.6 Å². The van der Waals surface area contributed by atoms with Crippen molar-refractivity contribution in [2.24, 2.45) is 10.3 Å². The van der Waals surface area contributed by atoms with Crippen LogP contribution in [0, 0.1) is 0 Å². The molecule has 4 rings (SSSR count). The molecule has 0 radical (unpaired) electrons. The summed E-state index contributed by atoms with van der Waals surface area (Å²) >= 11 is 0. The normalized spacial score (nSPS) is 20.1. The highest BCUT2D eigenvalue weighted by Crippen LogP contribution is 2.33. The molecule has 0 aromatic heterocycles. The molecule has 8 nitrogen and oxygen atoms in total. The fourth-order valence-electron chi connectivity index (χ4n) is 3.61. The fourth-order valence-corrected chi connectivity index (χ4v) is 3.61. The van der Waals surface area contributed by atoms with Gasteiger partial charge in [0.25, 0.3) is 11.8 Å². The van der Waals surface area contributed by atoms with Crippen LogP contribution in [-0.2, 0) is 27.0 Å². The molecule has 2 aromatic rings. The molecule has 11 heteroatoms. The molecular formula is C21H18F3N5O3. The number of benzene rings is 2. The number of imide groups is 1. The number of hydrogen-bond acceptors (Lipinski definition) is 6. The molecule has 2 aliphatic rings. The van der Waals surface area contributed by atoms with E-state index in [1.165, 1.54) is 12.1 Å². The maximum atomic E-state index is 12.9. The first kappa shape index (κ1) is 21.5. The van der Waals surface area contributed by atoms with Crippen LogP contribution in [0.3, 0.4) is 0 Å². The molecule has 0 aliphatic carbocycles. The van der Waals surface area contributed by atoms with Crippen LogP contribution in [0.4, 0.5) is 24.5 Å². The molecule has 0 spiro atoms. The van der Waals surface area contributed by atoms with Crippen LogP contribution in [-0.4, -0.2) is 41.4 Å². The van der Waals surface area contributed by atoms with Crippen LogP contribution in [0.5, 0.6) is 0 Å². The summed E-state index contributed by atoms with van der Waals surface area (Å²) in [6.07, 6.45) is -3.75. The molecule has 2 atom stereocenters. The van der Waals surface area contributed by atoms with E-state index in [4.69, 9.17) is 0 Å². The highest BCUT2D eigenvalue weighted by Gasteiger charge is 2.55. The van der Waals surface area contributed by atoms with Crippen LogP contribution in [0.25, 0.3) is 0 Å². The van der Waals surface area contributed by atoms with E-state index in [0.717, 1.165) is 34.0 Å². The second-order valence-electron chi connectivity index (χ2n) is 7.35. The third-order valence-corrected chi connectivity index (χ3v) is 5.24. The number of nitrogens with one attached hydrogen (secondary N) is 1. The number of aryl methyl sites for hydroxylation is 1. The molecule has 1 N–H and O–H groups in total. The minimum absolute atomic E-state index is 0.0519. The Balaban J connectivity index is 1.46. The predicted octanol–water partition coefficient (Wildman–Crippen LogP) is 3.20. The Morgan fingerprint density at radius 3 is 2.47 bits per heavy atom. The van der Waals surface area contributed by atoms with Crippen molar-refractivity contribution in [1.82, 2.24) is 5.01 Å². The lowest BCUT2D eigenvalue weighted by molar-refractivity contribution is -0.137. The van der Waals surface area contributed by atoms with Gasteiger partial charge >= 0.3 is 6.18 Å². The van der Waals surface area contributed by atoms with Crippen LogP contribution >= 0.6 is 0 Å². The average molecular weight is 445 g/mol. The SMILES string of the molecule is CCc1ccc(N2C(=O)[C@H]3N=NN(CC(=O)Nc4cccc(C(F)(F)F)c4)[C@H]3C2=O)cc1. The number of halogens is 3. The van der Waals surface area contributed by atoms with Gasteiger partial charge in [0.15, 0.2) is 12.1 Å². The topological polar surface area (TPSA) is 94.4 Å². The second-order valence-corrected chi connectivity index (χ2v) is 7.35. The van der Waals surface area contributed by atoms with Crippen molar-refractivity contribution in [3.63, 3.8) is 0 Å². The quantitative estimate of drug-likeness (QED) is 0.716. The van der Waals surface area contributed by atoms with Crippen molar-refractivity contribution in [1.29, 1.82) is 0 Å². The number of carbonyl (C=O) groups is 3. The van der Waals surface area contributed by atoms with Crippen LogP contribution in [0.15, 0.2) is 58.9 Å². The van der Waals surface area contributed by atoms with Crippen LogP contribution in [0.1, 0.15) is 18.1 Å². The minimum atomic E-state index is -4.55. The van der Waals surface area contributed by atoms with E-state index in [1.807, 2.05) is 19.1 Å². The summed E-state index contributed by atoms with van der Waals surface area (Å²) in [5, 5.41) is 11.0. The lowest BCUT2D eigenvalue weighted by Gasteiger charge is -2.20. The number of anilines is 2. The van der Waals surface area contributed by atoms with Crippen molar-refractivity contribution in [2.45, 2.75) is 31.6 Å². The average Bonchev–Trinajstić information content (AvgIpc) is 3.27. The number of hydrogen-bond donors (Lipinski definition) is 1. The van der Waals surface area contributed by atoms with Gasteiger partial charge in [-0.15, -0.1) is 0 Å². The highest BCUT2D eigenvalue weighted by molar-refractivity contribution is 6.25. The summed E-state index contributed by atoms with van der Waals surface area (Å²) in [7, 11) is 0. The predicted molar refractivity (Wildman–Crippen MR) is 108 cm³/mol. The number of alkyl halides is 3. The first-order valence-electron chi connectivity index (χ1n) is 9.80. The standard InChI is InChI=1S/C21H18F3N5O3/c1-2-12-6-8-15(9-7-12)29-19(31)17-18(20(29)32)28(27-26-17)11-16(30)25-14-5-3-4-13(10-14)21(22,23)24/h3-10,17-18H,2,11H2,1H3,(H,25,30)/t17-,18+/m0/s1. The van der Waals surface area contributed by atoms with Gasteiger partial charge in [-0.3, -0.25) is 19.4 Å². The van der Waals surface area contributed by atoms with Gasteiger partial charge in [-0.2, -0.15) is 18.3 Å². The number of amides is 3. The van der Waals surface area contributed by atoms with Gasteiger partial charge in [0.2, 0.25) is 5.91 Å². The van der Waals surface area contributed by atoms with Gasteiger partial charge in [-0.1, -0.05) is 30.3 Å². The highest BCUT2D eigenvalue weighted by atomic mass is 19.4. The van der Waals surface area contributed by atoms with Crippen molar-refractivity contribution in [3.05, 3.63) is 59.7 Å². The molecule has 2 heterocycles. The molecule has 2 aliphatic heterocycles. The summed E-state index contributed by atoms with van der Waals surface area (Å²) in [4.78, 5) is 39.1. The number of carbonyl (C=O) groups excluding carboxylic acids is 3. The zero-order valence-electron chi connectivity index (χ0n) is 16.8. The molecule has 3 amide bonds. The van der Waals surface area contributed by atoms with Gasteiger partial charge in [0.1, 0.15) is 6.54 Å². The van der Waals surface area contributed by atoms with Crippen molar-refractivity contribution in [2.75, 3.05) is 16.8 Å². The maximum Gasteiger partial charge on any atom is 0.416 e. The Morgan fingerprint density at radius 2 is 1.81 bits per heavy atom. The zero-order valence-corrected chi connectivity index (χ0v) is 16.8. The summed E-state index contributed by atoms with van der Waals surface area (Å²) < 4.78 is 38.6. The Morgan fingerprint density at radius 1 is 1.09 bits per heavy atom. The van der Waals surface area contributed by atoms with E-state index in [0.29, 0.717) is 5.69 Å². The number of rotatable bonds is 5. The van der Waals surface area contributed by atoms with Crippen molar-refractivity contribution in [3.8, 4) is 0 Å². The Hall–Kier alpha value is -3.76. The van der Waals surface area contributed by atoms with E-state index in [2.05, 4.69) is 15.7 Å². The smallest absolute Gasteiger partial charge is 0.324 e. The van der Waals surface area contributed by atoms with Gasteiger partial charge in [0.05, 0.1) is 11.3 Å². The second kappa shape index (κ2) is 8.06. The van der Waals surface area contributed by atoms with Crippen molar-refractivity contribution >= 4 is 29.1 Å². The molecule has 0 unspecified atom stereocenters. The molecule has 1 fully saturated rings. The lowest BCUT2D eigenvalue weighted by atomic mass is 10.1. The first-order chi connectivity index (χ1) is 15.2. The monoisotopic (exact) mass is 445 g/mol. The van der Waals surface area contributed by atoms with Crippen LogP contribution in [0.2, 0.25) is 0 Å². The van der Waals surface area contributed by atoms with Gasteiger partial charge in [-0.25, -0.2) is 4.90 Å². The summed E-state index contributed by atoms with van der Waals surface area (Å²) in [6, 6.07) is 8.97. The van der Waals surface area contributed by atoms with E-state index >= 15 is 0 Å². The molecule has 0 bridgehead atoms. The summed E-state index contributed by atoms with van der Waals surface area (Å²) in [6.45, 7) is 1.52. The van der Waals surface area contributed by atoms with Crippen LogP contribution < -0.4 is 10.2 Å². The third kappa shape index (κ3) is 3.93. The maximum absolute atomic E-state index is 12.9. The van der Waals surface area contributed by atoms with Gasteiger partial charge < -0.3 is 5.32 Å². The summed E-state index contributed by atoms with van der Waals surface area (Å²) in [5.74, 6) is -1.81. The van der Waals surface area contributed by atoms with E-state index in [1.54, 1.807) is 12.1 Å². The first-order valence-corrected chi connectivity index (χ1v) is 9.80. The van der Waals surface area contributed by atoms with Gasteiger partial charge in [-0.05, 0) is 42.3 Å². The molecular weight excluding hydrogens is 427 g/mol. The Labute approximate surface area is 180 Å². The molecule has 2 aromatic carbocycles. The number of fused-ring (bicyclic) bond motifs is 1. The Bertz CT molecular complexity index is 1100. The lowest BCUT2D eigenvalue weighted by Crippen LogP contribution is -2.43. The molecule has 0 saturated carbocycles. The van der Waals surface area contributed by atoms with Gasteiger partial charge in [0, 0.05) is 5.69 Å². The molecule has 166 valence electrons. The fraction of sp³-hybridized carbons (Fsp3) is 0.286. The molecule has 1 saturated heterocycles. The third-order valence-electron chi connectivity index (χ3n) is 5.24.